The Hall–Kier alpha value is -4.32. The number of carbonyl (C=O) groups is 1. The zero-order valence-corrected chi connectivity index (χ0v) is 17.8. The molecule has 1 aliphatic rings. The van der Waals surface area contributed by atoms with Gasteiger partial charge in [0.25, 0.3) is 5.91 Å². The SMILES string of the molecule is O=C(N/N=C\c1ccc(OCc2ccc3ccccc3c2)cc1)[C@@H]1COc2ccccc2O1. The van der Waals surface area contributed by atoms with E-state index >= 15 is 0 Å². The van der Waals surface area contributed by atoms with Crippen LogP contribution >= 0.6 is 0 Å². The average molecular weight is 438 g/mol. The van der Waals surface area contributed by atoms with Gasteiger partial charge in [0.15, 0.2) is 11.5 Å². The molecule has 1 atom stereocenters. The molecule has 0 saturated carbocycles. The highest BCUT2D eigenvalue weighted by molar-refractivity contribution is 5.85. The number of rotatable bonds is 6. The summed E-state index contributed by atoms with van der Waals surface area (Å²) in [4.78, 5) is 12.3. The Morgan fingerprint density at radius 1 is 0.939 bits per heavy atom. The molecule has 33 heavy (non-hydrogen) atoms. The standard InChI is InChI=1S/C27H22N2O4/c30-27(26-18-32-24-7-3-4-8-25(24)33-26)29-28-16-19-10-13-23(14-11-19)31-17-20-9-12-21-5-1-2-6-22(21)15-20/h1-16,26H,17-18H2,(H,29,30)/b28-16-/t26-/m0/s1. The van der Waals surface area contributed by atoms with Crippen LogP contribution in [-0.4, -0.2) is 24.8 Å². The van der Waals surface area contributed by atoms with Crippen LogP contribution in [0.1, 0.15) is 11.1 Å². The number of carbonyl (C=O) groups excluding carboxylic acids is 1. The molecule has 1 amide bonds. The number of para-hydroxylation sites is 2. The number of ether oxygens (including phenoxy) is 3. The predicted molar refractivity (Wildman–Crippen MR) is 127 cm³/mol. The molecule has 1 heterocycles. The highest BCUT2D eigenvalue weighted by atomic mass is 16.6. The molecule has 0 unspecified atom stereocenters. The number of benzene rings is 4. The van der Waals surface area contributed by atoms with Crippen molar-refractivity contribution in [1.82, 2.24) is 5.43 Å². The van der Waals surface area contributed by atoms with E-state index in [0.717, 1.165) is 16.9 Å². The van der Waals surface area contributed by atoms with Gasteiger partial charge in [-0.15, -0.1) is 0 Å². The molecule has 4 aromatic carbocycles. The van der Waals surface area contributed by atoms with Crippen LogP contribution in [0.2, 0.25) is 0 Å². The van der Waals surface area contributed by atoms with Crippen molar-refractivity contribution in [3.8, 4) is 17.2 Å². The van der Waals surface area contributed by atoms with Crippen molar-refractivity contribution in [2.45, 2.75) is 12.7 Å². The molecule has 164 valence electrons. The summed E-state index contributed by atoms with van der Waals surface area (Å²) in [7, 11) is 0. The largest absolute Gasteiger partial charge is 0.489 e. The van der Waals surface area contributed by atoms with Crippen LogP contribution in [0, 0.1) is 0 Å². The van der Waals surface area contributed by atoms with Gasteiger partial charge < -0.3 is 14.2 Å². The maximum absolute atomic E-state index is 12.3. The number of fused-ring (bicyclic) bond motifs is 2. The molecule has 6 nitrogen and oxygen atoms in total. The molecule has 0 spiro atoms. The lowest BCUT2D eigenvalue weighted by Crippen LogP contribution is -2.42. The number of hydrazone groups is 1. The van der Waals surface area contributed by atoms with Crippen molar-refractivity contribution >= 4 is 22.9 Å². The third-order valence-corrected chi connectivity index (χ3v) is 5.29. The van der Waals surface area contributed by atoms with Gasteiger partial charge in [-0.05, 0) is 64.4 Å². The minimum absolute atomic E-state index is 0.140. The minimum Gasteiger partial charge on any atom is -0.489 e. The molecule has 0 aliphatic carbocycles. The second-order valence-corrected chi connectivity index (χ2v) is 7.64. The van der Waals surface area contributed by atoms with E-state index in [1.807, 2.05) is 48.5 Å². The van der Waals surface area contributed by atoms with Gasteiger partial charge in [0.05, 0.1) is 6.21 Å². The highest BCUT2D eigenvalue weighted by Gasteiger charge is 2.26. The van der Waals surface area contributed by atoms with Crippen LogP contribution < -0.4 is 19.6 Å². The summed E-state index contributed by atoms with van der Waals surface area (Å²) in [5.41, 5.74) is 4.44. The van der Waals surface area contributed by atoms with Gasteiger partial charge in [-0.3, -0.25) is 4.79 Å². The molecule has 5 rings (SSSR count). The number of amides is 1. The Labute approximate surface area is 191 Å². The first-order valence-electron chi connectivity index (χ1n) is 10.7. The Morgan fingerprint density at radius 3 is 2.55 bits per heavy atom. The van der Waals surface area contributed by atoms with Gasteiger partial charge in [0.2, 0.25) is 6.10 Å². The van der Waals surface area contributed by atoms with E-state index in [-0.39, 0.29) is 12.5 Å². The van der Waals surface area contributed by atoms with Gasteiger partial charge in [-0.25, -0.2) is 5.43 Å². The Bertz CT molecular complexity index is 1300. The summed E-state index contributed by atoms with van der Waals surface area (Å²) < 4.78 is 17.1. The molecule has 1 aliphatic heterocycles. The minimum atomic E-state index is -0.747. The third-order valence-electron chi connectivity index (χ3n) is 5.29. The summed E-state index contributed by atoms with van der Waals surface area (Å²) in [5, 5.41) is 6.43. The highest BCUT2D eigenvalue weighted by Crippen LogP contribution is 2.30. The monoisotopic (exact) mass is 438 g/mol. The summed E-state index contributed by atoms with van der Waals surface area (Å²) >= 11 is 0. The first-order valence-corrected chi connectivity index (χ1v) is 10.7. The molecular formula is C27H22N2O4. The Balaban J connectivity index is 1.12. The molecular weight excluding hydrogens is 416 g/mol. The van der Waals surface area contributed by atoms with Crippen molar-refractivity contribution in [2.24, 2.45) is 5.10 Å². The molecule has 0 radical (unpaired) electrons. The molecule has 0 saturated heterocycles. The van der Waals surface area contributed by atoms with Crippen molar-refractivity contribution in [3.05, 3.63) is 102 Å². The van der Waals surface area contributed by atoms with Crippen molar-refractivity contribution in [2.75, 3.05) is 6.61 Å². The number of hydrogen-bond donors (Lipinski definition) is 1. The fourth-order valence-corrected chi connectivity index (χ4v) is 3.54. The topological polar surface area (TPSA) is 69.2 Å². The van der Waals surface area contributed by atoms with Crippen LogP contribution in [-0.2, 0) is 11.4 Å². The summed E-state index contributed by atoms with van der Waals surface area (Å²) in [6, 6.07) is 29.3. The first kappa shape index (κ1) is 20.6. The molecule has 6 heteroatoms. The maximum Gasteiger partial charge on any atom is 0.284 e. The van der Waals surface area contributed by atoms with Crippen molar-refractivity contribution in [1.29, 1.82) is 0 Å². The van der Waals surface area contributed by atoms with Gasteiger partial charge in [0, 0.05) is 0 Å². The number of nitrogens with one attached hydrogen (secondary N) is 1. The van der Waals surface area contributed by atoms with Crippen molar-refractivity contribution in [3.63, 3.8) is 0 Å². The second-order valence-electron chi connectivity index (χ2n) is 7.64. The van der Waals surface area contributed by atoms with E-state index < -0.39 is 6.10 Å². The van der Waals surface area contributed by atoms with E-state index in [2.05, 4.69) is 40.9 Å². The van der Waals surface area contributed by atoms with Gasteiger partial charge in [-0.1, -0.05) is 48.5 Å². The molecule has 0 fully saturated rings. The quantitative estimate of drug-likeness (QED) is 0.350. The van der Waals surface area contributed by atoms with Crippen LogP contribution in [0.3, 0.4) is 0 Å². The normalized spacial score (nSPS) is 14.8. The van der Waals surface area contributed by atoms with Crippen molar-refractivity contribution < 1.29 is 19.0 Å². The molecule has 4 aromatic rings. The lowest BCUT2D eigenvalue weighted by Gasteiger charge is -2.24. The van der Waals surface area contributed by atoms with Gasteiger partial charge >= 0.3 is 0 Å². The first-order chi connectivity index (χ1) is 16.2. The van der Waals surface area contributed by atoms with E-state index in [9.17, 15) is 4.79 Å². The summed E-state index contributed by atoms with van der Waals surface area (Å²) in [5.74, 6) is 1.58. The fraction of sp³-hybridized carbons (Fsp3) is 0.111. The van der Waals surface area contributed by atoms with E-state index in [0.29, 0.717) is 18.1 Å². The van der Waals surface area contributed by atoms with E-state index in [1.165, 1.54) is 10.8 Å². The molecule has 0 aromatic heterocycles. The lowest BCUT2D eigenvalue weighted by atomic mass is 10.1. The summed E-state index contributed by atoms with van der Waals surface area (Å²) in [6.07, 6.45) is 0.825. The van der Waals surface area contributed by atoms with Gasteiger partial charge in [-0.2, -0.15) is 5.10 Å². The Morgan fingerprint density at radius 2 is 1.70 bits per heavy atom. The van der Waals surface area contributed by atoms with E-state index in [1.54, 1.807) is 18.3 Å². The predicted octanol–water partition coefficient (Wildman–Crippen LogP) is 4.71. The lowest BCUT2D eigenvalue weighted by molar-refractivity contribution is -0.130. The van der Waals surface area contributed by atoms with Crippen LogP contribution in [0.15, 0.2) is 96.1 Å². The smallest absolute Gasteiger partial charge is 0.284 e. The van der Waals surface area contributed by atoms with Gasteiger partial charge in [0.1, 0.15) is 19.0 Å². The number of nitrogens with zero attached hydrogens (tertiary/aromatic N) is 1. The average Bonchev–Trinajstić information content (AvgIpc) is 2.87. The van der Waals surface area contributed by atoms with Crippen LogP contribution in [0.4, 0.5) is 0 Å². The fourth-order valence-electron chi connectivity index (χ4n) is 3.54. The van der Waals surface area contributed by atoms with E-state index in [4.69, 9.17) is 14.2 Å². The molecule has 1 N–H and O–H groups in total. The van der Waals surface area contributed by atoms with Crippen LogP contribution in [0.25, 0.3) is 10.8 Å². The maximum atomic E-state index is 12.3. The zero-order valence-electron chi connectivity index (χ0n) is 17.8. The second kappa shape index (κ2) is 9.44. The Kier molecular flexibility index (Phi) is 5.89. The number of hydrogen-bond acceptors (Lipinski definition) is 5. The zero-order chi connectivity index (χ0) is 22.5. The third kappa shape index (κ3) is 4.96. The van der Waals surface area contributed by atoms with Crippen LogP contribution in [0.5, 0.6) is 17.2 Å². The molecule has 0 bridgehead atoms. The summed E-state index contributed by atoms with van der Waals surface area (Å²) in [6.45, 7) is 0.628.